The van der Waals surface area contributed by atoms with Gasteiger partial charge in [0.25, 0.3) is 0 Å². The Morgan fingerprint density at radius 1 is 1.43 bits per heavy atom. The zero-order valence-corrected chi connectivity index (χ0v) is 8.82. The van der Waals surface area contributed by atoms with Gasteiger partial charge in [0.2, 0.25) is 0 Å². The second kappa shape index (κ2) is 5.32. The molecular weight excluding hydrogens is 182 g/mol. The van der Waals surface area contributed by atoms with E-state index in [1.807, 2.05) is 6.92 Å². The molecule has 0 heterocycles. The zero-order chi connectivity index (χ0) is 10.6. The van der Waals surface area contributed by atoms with E-state index in [9.17, 15) is 4.79 Å². The van der Waals surface area contributed by atoms with Gasteiger partial charge in [-0.05, 0) is 19.8 Å². The maximum absolute atomic E-state index is 10.6. The summed E-state index contributed by atoms with van der Waals surface area (Å²) in [5.74, 6) is -1.21. The van der Waals surface area contributed by atoms with Crippen molar-refractivity contribution in [1.29, 1.82) is 0 Å². The van der Waals surface area contributed by atoms with Gasteiger partial charge in [-0.25, -0.2) is 0 Å². The number of hydrogen-bond acceptors (Lipinski definition) is 3. The molecule has 1 aliphatic rings. The van der Waals surface area contributed by atoms with Gasteiger partial charge in [-0.2, -0.15) is 5.48 Å². The van der Waals surface area contributed by atoms with Crippen molar-refractivity contribution in [3.63, 3.8) is 0 Å². The van der Waals surface area contributed by atoms with E-state index >= 15 is 0 Å². The summed E-state index contributed by atoms with van der Waals surface area (Å²) in [5.41, 5.74) is 2.82. The van der Waals surface area contributed by atoms with Crippen LogP contribution in [0.1, 0.15) is 39.5 Å². The van der Waals surface area contributed by atoms with Crippen molar-refractivity contribution < 1.29 is 14.7 Å². The van der Waals surface area contributed by atoms with E-state index in [2.05, 4.69) is 5.48 Å². The average Bonchev–Trinajstić information content (AvgIpc) is 2.65. The Kier molecular flexibility index (Phi) is 4.35. The van der Waals surface area contributed by atoms with Crippen LogP contribution in [0.5, 0.6) is 0 Å². The number of carbonyl (C=O) groups is 1. The van der Waals surface area contributed by atoms with Crippen molar-refractivity contribution >= 4 is 5.97 Å². The number of rotatable bonds is 5. The lowest BCUT2D eigenvalue weighted by molar-refractivity contribution is -0.144. The van der Waals surface area contributed by atoms with Crippen molar-refractivity contribution in [1.82, 2.24) is 5.48 Å². The Morgan fingerprint density at radius 2 is 2.00 bits per heavy atom. The number of hydroxylamine groups is 1. The van der Waals surface area contributed by atoms with Crippen molar-refractivity contribution in [3.8, 4) is 0 Å². The maximum atomic E-state index is 10.6. The highest BCUT2D eigenvalue weighted by molar-refractivity contribution is 5.70. The van der Waals surface area contributed by atoms with Crippen LogP contribution in [-0.4, -0.2) is 23.2 Å². The fourth-order valence-electron chi connectivity index (χ4n) is 1.53. The van der Waals surface area contributed by atoms with Crippen LogP contribution in [0.2, 0.25) is 0 Å². The highest BCUT2D eigenvalue weighted by Crippen LogP contribution is 2.20. The molecule has 4 nitrogen and oxygen atoms in total. The van der Waals surface area contributed by atoms with Gasteiger partial charge in [0.05, 0.1) is 12.0 Å². The first-order valence-corrected chi connectivity index (χ1v) is 5.25. The van der Waals surface area contributed by atoms with E-state index in [0.29, 0.717) is 0 Å². The van der Waals surface area contributed by atoms with E-state index in [0.717, 1.165) is 12.8 Å². The largest absolute Gasteiger partial charge is 0.481 e. The summed E-state index contributed by atoms with van der Waals surface area (Å²) in [4.78, 5) is 16.1. The normalized spacial score (nSPS) is 22.1. The predicted molar refractivity (Wildman–Crippen MR) is 52.7 cm³/mol. The van der Waals surface area contributed by atoms with Gasteiger partial charge in [-0.1, -0.05) is 19.8 Å². The topological polar surface area (TPSA) is 58.6 Å². The maximum Gasteiger partial charge on any atom is 0.307 e. The molecule has 0 spiro atoms. The van der Waals surface area contributed by atoms with Crippen LogP contribution in [0.3, 0.4) is 0 Å². The van der Waals surface area contributed by atoms with E-state index < -0.39 is 11.9 Å². The van der Waals surface area contributed by atoms with Crippen molar-refractivity contribution in [2.75, 3.05) is 0 Å². The van der Waals surface area contributed by atoms with Gasteiger partial charge in [-0.15, -0.1) is 0 Å². The molecule has 1 rings (SSSR count). The standard InChI is InChI=1S/C10H19NO3/c1-7(10(12)13)8(2)11-14-9-5-3-4-6-9/h7-9,11H,3-6H2,1-2H3,(H,12,13). The number of carboxylic acids is 1. The lowest BCUT2D eigenvalue weighted by Gasteiger charge is -2.20. The quantitative estimate of drug-likeness (QED) is 0.663. The zero-order valence-electron chi connectivity index (χ0n) is 8.82. The van der Waals surface area contributed by atoms with Crippen molar-refractivity contribution in [2.45, 2.75) is 51.7 Å². The van der Waals surface area contributed by atoms with Crippen LogP contribution in [0.15, 0.2) is 0 Å². The van der Waals surface area contributed by atoms with Crippen LogP contribution in [-0.2, 0) is 9.63 Å². The van der Waals surface area contributed by atoms with E-state index in [1.54, 1.807) is 6.92 Å². The number of nitrogens with one attached hydrogen (secondary N) is 1. The molecule has 2 N–H and O–H groups in total. The summed E-state index contributed by atoms with van der Waals surface area (Å²) in [7, 11) is 0. The molecule has 1 saturated carbocycles. The lowest BCUT2D eigenvalue weighted by Crippen LogP contribution is -2.38. The van der Waals surface area contributed by atoms with Gasteiger partial charge < -0.3 is 5.11 Å². The second-order valence-corrected chi connectivity index (χ2v) is 4.06. The Morgan fingerprint density at radius 3 is 2.50 bits per heavy atom. The number of aliphatic carboxylic acids is 1. The minimum absolute atomic E-state index is 0.145. The Bertz CT molecular complexity index is 190. The molecule has 0 amide bonds. The smallest absolute Gasteiger partial charge is 0.307 e. The molecule has 0 aromatic heterocycles. The number of hydrogen-bond donors (Lipinski definition) is 2. The molecule has 0 aromatic carbocycles. The number of carboxylic acid groups (broad SMARTS) is 1. The van der Waals surface area contributed by atoms with Crippen LogP contribution in [0.25, 0.3) is 0 Å². The van der Waals surface area contributed by atoms with Gasteiger partial charge in [-0.3, -0.25) is 9.63 Å². The van der Waals surface area contributed by atoms with Crippen molar-refractivity contribution in [3.05, 3.63) is 0 Å². The molecule has 0 radical (unpaired) electrons. The molecule has 4 heteroatoms. The molecule has 0 aromatic rings. The first-order chi connectivity index (χ1) is 6.61. The lowest BCUT2D eigenvalue weighted by atomic mass is 10.1. The molecule has 0 bridgehead atoms. The summed E-state index contributed by atoms with van der Waals surface area (Å²) in [6, 6.07) is -0.145. The predicted octanol–water partition coefficient (Wildman–Crippen LogP) is 1.56. The Hall–Kier alpha value is -0.610. The molecule has 14 heavy (non-hydrogen) atoms. The summed E-state index contributed by atoms with van der Waals surface area (Å²) in [6.45, 7) is 3.51. The Labute approximate surface area is 84.6 Å². The minimum Gasteiger partial charge on any atom is -0.481 e. The van der Waals surface area contributed by atoms with Crippen LogP contribution in [0.4, 0.5) is 0 Å². The summed E-state index contributed by atoms with van der Waals surface area (Å²) >= 11 is 0. The molecule has 2 atom stereocenters. The third-order valence-electron chi connectivity index (χ3n) is 2.86. The molecular formula is C10H19NO3. The molecule has 0 saturated heterocycles. The first kappa shape index (κ1) is 11.5. The summed E-state index contributed by atoms with van der Waals surface area (Å²) < 4.78 is 0. The summed E-state index contributed by atoms with van der Waals surface area (Å²) in [6.07, 6.45) is 4.88. The Balaban J connectivity index is 2.19. The third-order valence-corrected chi connectivity index (χ3v) is 2.86. The van der Waals surface area contributed by atoms with Gasteiger partial charge in [0, 0.05) is 6.04 Å². The molecule has 1 aliphatic carbocycles. The third kappa shape index (κ3) is 3.27. The van der Waals surface area contributed by atoms with Gasteiger partial charge in [0.15, 0.2) is 0 Å². The van der Waals surface area contributed by atoms with Gasteiger partial charge >= 0.3 is 5.97 Å². The van der Waals surface area contributed by atoms with Crippen LogP contribution in [0, 0.1) is 5.92 Å². The molecule has 82 valence electrons. The fraction of sp³-hybridized carbons (Fsp3) is 0.900. The van der Waals surface area contributed by atoms with Crippen LogP contribution >= 0.6 is 0 Å². The highest BCUT2D eigenvalue weighted by Gasteiger charge is 2.22. The molecule has 1 fully saturated rings. The van der Waals surface area contributed by atoms with Crippen molar-refractivity contribution in [2.24, 2.45) is 5.92 Å². The average molecular weight is 201 g/mol. The minimum atomic E-state index is -0.792. The monoisotopic (exact) mass is 201 g/mol. The fourth-order valence-corrected chi connectivity index (χ4v) is 1.53. The SMILES string of the molecule is CC(NOC1CCCC1)C(C)C(=O)O. The van der Waals surface area contributed by atoms with Crippen LogP contribution < -0.4 is 5.48 Å². The summed E-state index contributed by atoms with van der Waals surface area (Å²) in [5, 5.41) is 8.75. The van der Waals surface area contributed by atoms with E-state index in [4.69, 9.17) is 9.94 Å². The molecule has 0 aliphatic heterocycles. The first-order valence-electron chi connectivity index (χ1n) is 5.25. The second-order valence-electron chi connectivity index (χ2n) is 4.06. The van der Waals surface area contributed by atoms with E-state index in [-0.39, 0.29) is 12.1 Å². The highest BCUT2D eigenvalue weighted by atomic mass is 16.7. The molecule has 2 unspecified atom stereocenters. The van der Waals surface area contributed by atoms with Gasteiger partial charge in [0.1, 0.15) is 0 Å². The van der Waals surface area contributed by atoms with E-state index in [1.165, 1.54) is 12.8 Å².